The van der Waals surface area contributed by atoms with Gasteiger partial charge in [0.1, 0.15) is 0 Å². The van der Waals surface area contributed by atoms with Gasteiger partial charge in [-0.1, -0.05) is 140 Å². The monoisotopic (exact) mass is 587 g/mol. The smallest absolute Gasteiger partial charge is 0.227 e. The Morgan fingerprint density at radius 1 is 0.370 bits per heavy atom. The van der Waals surface area contributed by atoms with Gasteiger partial charge in [0, 0.05) is 11.1 Å². The summed E-state index contributed by atoms with van der Waals surface area (Å²) in [6, 6.07) is 54.1. The molecule has 0 saturated carbocycles. The number of oxazole rings is 1. The fraction of sp³-hybridized carbons (Fsp3) is 0.0227. The molecule has 0 spiro atoms. The van der Waals surface area contributed by atoms with Crippen molar-refractivity contribution in [3.63, 3.8) is 0 Å². The van der Waals surface area contributed by atoms with E-state index < -0.39 is 0 Å². The molecular formula is C44H29NO. The van der Waals surface area contributed by atoms with E-state index in [1.54, 1.807) is 0 Å². The van der Waals surface area contributed by atoms with Crippen LogP contribution in [0.2, 0.25) is 0 Å². The molecule has 0 amide bonds. The molecular weight excluding hydrogens is 558 g/mol. The second kappa shape index (κ2) is 10.6. The van der Waals surface area contributed by atoms with Crippen molar-refractivity contribution in [3.05, 3.63) is 163 Å². The lowest BCUT2D eigenvalue weighted by molar-refractivity contribution is 0.590. The second-order valence-corrected chi connectivity index (χ2v) is 11.9. The van der Waals surface area contributed by atoms with Gasteiger partial charge in [0.15, 0.2) is 5.76 Å². The third-order valence-electron chi connectivity index (χ3n) is 9.36. The van der Waals surface area contributed by atoms with Gasteiger partial charge in [-0.15, -0.1) is 0 Å². The van der Waals surface area contributed by atoms with Crippen molar-refractivity contribution in [1.29, 1.82) is 0 Å². The molecule has 0 fully saturated rings. The maximum atomic E-state index is 6.61. The van der Waals surface area contributed by atoms with Crippen molar-refractivity contribution in [2.75, 3.05) is 0 Å². The average molecular weight is 588 g/mol. The molecule has 216 valence electrons. The van der Waals surface area contributed by atoms with Gasteiger partial charge >= 0.3 is 0 Å². The molecule has 1 aromatic heterocycles. The lowest BCUT2D eigenvalue weighted by atomic mass is 9.91. The molecule has 2 heteroatoms. The highest BCUT2D eigenvalue weighted by atomic mass is 16.4. The normalized spacial score (nSPS) is 11.6. The molecule has 0 radical (unpaired) electrons. The van der Waals surface area contributed by atoms with Crippen molar-refractivity contribution in [2.24, 2.45) is 0 Å². The minimum absolute atomic E-state index is 0.619. The Bertz CT molecular complexity index is 2600. The molecule has 0 saturated heterocycles. The van der Waals surface area contributed by atoms with Crippen LogP contribution in [0.3, 0.4) is 0 Å². The highest BCUT2D eigenvalue weighted by molar-refractivity contribution is 6.11. The van der Waals surface area contributed by atoms with Crippen LogP contribution in [0.15, 0.2) is 162 Å². The third-order valence-corrected chi connectivity index (χ3v) is 9.36. The lowest BCUT2D eigenvalue weighted by Crippen LogP contribution is -1.88. The van der Waals surface area contributed by atoms with Crippen molar-refractivity contribution >= 4 is 43.1 Å². The minimum Gasteiger partial charge on any atom is -0.436 e. The molecule has 0 atom stereocenters. The first kappa shape index (κ1) is 26.4. The molecule has 0 aliphatic rings. The van der Waals surface area contributed by atoms with Crippen molar-refractivity contribution < 1.29 is 4.42 Å². The van der Waals surface area contributed by atoms with Gasteiger partial charge in [-0.05, 0) is 90.0 Å². The standard InChI is InChI=1S/C44H29NO/c1-28-21-22-38(32-15-5-4-13-30(28)32)40-24-26-42(37-19-9-7-17-35(37)40)44-45-27-43(46-44)41-25-23-39(34-16-6-8-18-36(34)41)33-20-10-12-29-11-2-3-14-31(29)33/h2-27H,1H3. The summed E-state index contributed by atoms with van der Waals surface area (Å²) in [6.45, 7) is 2.17. The molecule has 9 rings (SSSR count). The van der Waals surface area contributed by atoms with Crippen LogP contribution in [-0.4, -0.2) is 4.98 Å². The molecule has 0 N–H and O–H groups in total. The van der Waals surface area contributed by atoms with E-state index in [0.717, 1.165) is 27.7 Å². The van der Waals surface area contributed by atoms with E-state index in [9.17, 15) is 0 Å². The maximum absolute atomic E-state index is 6.61. The number of hydrogen-bond acceptors (Lipinski definition) is 2. The summed E-state index contributed by atoms with van der Waals surface area (Å²) in [5.74, 6) is 1.38. The summed E-state index contributed by atoms with van der Waals surface area (Å²) in [5, 5.41) is 9.66. The summed E-state index contributed by atoms with van der Waals surface area (Å²) in [7, 11) is 0. The quantitative estimate of drug-likeness (QED) is 0.205. The van der Waals surface area contributed by atoms with Crippen LogP contribution < -0.4 is 0 Å². The topological polar surface area (TPSA) is 26.0 Å². The Morgan fingerprint density at radius 2 is 0.804 bits per heavy atom. The van der Waals surface area contributed by atoms with Crippen LogP contribution >= 0.6 is 0 Å². The van der Waals surface area contributed by atoms with Crippen LogP contribution in [0.25, 0.3) is 88.1 Å². The molecule has 1 heterocycles. The Balaban J connectivity index is 1.17. The Morgan fingerprint density at radius 3 is 1.48 bits per heavy atom. The first-order valence-electron chi connectivity index (χ1n) is 15.7. The zero-order valence-electron chi connectivity index (χ0n) is 25.4. The fourth-order valence-electron chi connectivity index (χ4n) is 7.14. The molecule has 0 aliphatic heterocycles. The van der Waals surface area contributed by atoms with Gasteiger partial charge in [0.25, 0.3) is 0 Å². The van der Waals surface area contributed by atoms with E-state index in [2.05, 4.69) is 159 Å². The third kappa shape index (κ3) is 4.15. The molecule has 9 aromatic rings. The number of aromatic nitrogens is 1. The molecule has 0 unspecified atom stereocenters. The number of aryl methyl sites for hydroxylation is 1. The second-order valence-electron chi connectivity index (χ2n) is 11.9. The molecule has 2 nitrogen and oxygen atoms in total. The Labute approximate surface area is 267 Å². The Kier molecular flexibility index (Phi) is 6.07. The van der Waals surface area contributed by atoms with E-state index in [0.29, 0.717) is 5.89 Å². The van der Waals surface area contributed by atoms with Crippen molar-refractivity contribution in [3.8, 4) is 45.0 Å². The number of fused-ring (bicyclic) bond motifs is 4. The highest BCUT2D eigenvalue weighted by Crippen LogP contribution is 2.42. The SMILES string of the molecule is Cc1ccc(-c2ccc(-c3ncc(-c4ccc(-c5cccc6ccccc56)c5ccccc45)o3)c3ccccc23)c2ccccc12. The fourth-order valence-corrected chi connectivity index (χ4v) is 7.14. The number of benzene rings is 8. The zero-order valence-corrected chi connectivity index (χ0v) is 25.4. The van der Waals surface area contributed by atoms with Crippen LogP contribution in [0, 0.1) is 6.92 Å². The highest BCUT2D eigenvalue weighted by Gasteiger charge is 2.18. The molecule has 0 bridgehead atoms. The maximum Gasteiger partial charge on any atom is 0.227 e. The minimum atomic E-state index is 0.619. The lowest BCUT2D eigenvalue weighted by Gasteiger charge is -2.14. The van der Waals surface area contributed by atoms with Crippen molar-refractivity contribution in [2.45, 2.75) is 6.92 Å². The van der Waals surface area contributed by atoms with Gasteiger partial charge in [0.2, 0.25) is 5.89 Å². The van der Waals surface area contributed by atoms with E-state index in [-0.39, 0.29) is 0 Å². The molecule has 46 heavy (non-hydrogen) atoms. The Hall–Kier alpha value is -5.99. The summed E-state index contributed by atoms with van der Waals surface area (Å²) >= 11 is 0. The van der Waals surface area contributed by atoms with Gasteiger partial charge in [-0.2, -0.15) is 0 Å². The summed E-state index contributed by atoms with van der Waals surface area (Å²) < 4.78 is 6.61. The van der Waals surface area contributed by atoms with Crippen LogP contribution in [0.5, 0.6) is 0 Å². The predicted molar refractivity (Wildman–Crippen MR) is 193 cm³/mol. The first-order valence-corrected chi connectivity index (χ1v) is 15.7. The van der Waals surface area contributed by atoms with Gasteiger partial charge < -0.3 is 4.42 Å². The van der Waals surface area contributed by atoms with Gasteiger partial charge in [-0.3, -0.25) is 0 Å². The zero-order chi connectivity index (χ0) is 30.6. The largest absolute Gasteiger partial charge is 0.436 e. The average Bonchev–Trinajstić information content (AvgIpc) is 3.61. The number of nitrogens with zero attached hydrogens (tertiary/aromatic N) is 1. The van der Waals surface area contributed by atoms with Crippen LogP contribution in [0.1, 0.15) is 5.56 Å². The molecule has 0 aliphatic carbocycles. The van der Waals surface area contributed by atoms with Crippen LogP contribution in [0.4, 0.5) is 0 Å². The predicted octanol–water partition coefficient (Wildman–Crippen LogP) is 12.3. The summed E-state index contributed by atoms with van der Waals surface area (Å²) in [4.78, 5) is 4.84. The van der Waals surface area contributed by atoms with Crippen LogP contribution in [-0.2, 0) is 0 Å². The van der Waals surface area contributed by atoms with E-state index in [1.807, 2.05) is 6.20 Å². The van der Waals surface area contributed by atoms with Gasteiger partial charge in [-0.25, -0.2) is 4.98 Å². The summed E-state index contributed by atoms with van der Waals surface area (Å²) in [5.41, 5.74) is 8.18. The van der Waals surface area contributed by atoms with Gasteiger partial charge in [0.05, 0.1) is 6.20 Å². The first-order chi connectivity index (χ1) is 22.7. The summed E-state index contributed by atoms with van der Waals surface area (Å²) in [6.07, 6.45) is 1.87. The van der Waals surface area contributed by atoms with E-state index in [4.69, 9.17) is 9.40 Å². The number of hydrogen-bond donors (Lipinski definition) is 0. The number of rotatable bonds is 4. The van der Waals surface area contributed by atoms with E-state index in [1.165, 1.54) is 60.1 Å². The van der Waals surface area contributed by atoms with Crippen molar-refractivity contribution in [1.82, 2.24) is 4.98 Å². The molecule has 8 aromatic carbocycles. The van der Waals surface area contributed by atoms with E-state index >= 15 is 0 Å².